The lowest BCUT2D eigenvalue weighted by atomic mass is 10.0. The van der Waals surface area contributed by atoms with Crippen LogP contribution in [0.25, 0.3) is 11.0 Å². The standard InChI is InChI=1S/C22H16N2O5/c25-16-8-9-18(26)14(12-16)10-13-4-3-5-15(11-13)23-24-20-21(27)17-6-1-2-7-19(17)29-22(20)28/h1-9,11-12,25-27H,10H2. The van der Waals surface area contributed by atoms with E-state index < -0.39 is 5.63 Å². The van der Waals surface area contributed by atoms with Crippen LogP contribution in [0.4, 0.5) is 11.4 Å². The van der Waals surface area contributed by atoms with Crippen LogP contribution in [0.1, 0.15) is 11.1 Å². The van der Waals surface area contributed by atoms with E-state index in [1.165, 1.54) is 18.2 Å². The number of hydrogen-bond donors (Lipinski definition) is 3. The number of para-hydroxylation sites is 1. The summed E-state index contributed by atoms with van der Waals surface area (Å²) in [5.41, 5.74) is 1.03. The van der Waals surface area contributed by atoms with Gasteiger partial charge < -0.3 is 19.7 Å². The largest absolute Gasteiger partial charge is 0.508 e. The van der Waals surface area contributed by atoms with Gasteiger partial charge in [0.25, 0.3) is 0 Å². The Balaban J connectivity index is 1.65. The first-order chi connectivity index (χ1) is 14.0. The molecule has 0 radical (unpaired) electrons. The van der Waals surface area contributed by atoms with Crippen LogP contribution >= 0.6 is 0 Å². The lowest BCUT2D eigenvalue weighted by molar-refractivity contribution is 0.455. The molecular weight excluding hydrogens is 372 g/mol. The molecule has 0 amide bonds. The van der Waals surface area contributed by atoms with Gasteiger partial charge in [-0.05, 0) is 48.0 Å². The maximum Gasteiger partial charge on any atom is 0.368 e. The Labute approximate surface area is 164 Å². The van der Waals surface area contributed by atoms with Crippen LogP contribution in [0.5, 0.6) is 17.2 Å². The van der Waals surface area contributed by atoms with Gasteiger partial charge in [-0.3, -0.25) is 0 Å². The summed E-state index contributed by atoms with van der Waals surface area (Å²) in [6.45, 7) is 0. The number of phenolic OH excluding ortho intramolecular Hbond substituents is 2. The first kappa shape index (κ1) is 18.2. The Hall–Kier alpha value is -4.13. The first-order valence-corrected chi connectivity index (χ1v) is 8.77. The van der Waals surface area contributed by atoms with Crippen molar-refractivity contribution < 1.29 is 19.7 Å². The average molecular weight is 388 g/mol. The zero-order valence-corrected chi connectivity index (χ0v) is 15.1. The second-order valence-electron chi connectivity index (χ2n) is 6.44. The van der Waals surface area contributed by atoms with E-state index >= 15 is 0 Å². The molecule has 0 aliphatic rings. The van der Waals surface area contributed by atoms with Gasteiger partial charge in [-0.25, -0.2) is 4.79 Å². The van der Waals surface area contributed by atoms with Crippen molar-refractivity contribution in [2.45, 2.75) is 6.42 Å². The predicted molar refractivity (Wildman–Crippen MR) is 107 cm³/mol. The molecule has 144 valence electrons. The minimum absolute atomic E-state index is 0.0622. The molecule has 0 bridgehead atoms. The molecule has 0 spiro atoms. The average Bonchev–Trinajstić information content (AvgIpc) is 2.71. The van der Waals surface area contributed by atoms with Crippen LogP contribution in [-0.2, 0) is 6.42 Å². The number of aromatic hydroxyl groups is 3. The van der Waals surface area contributed by atoms with Gasteiger partial charge in [-0.2, -0.15) is 5.11 Å². The monoisotopic (exact) mass is 388 g/mol. The summed E-state index contributed by atoms with van der Waals surface area (Å²) < 4.78 is 5.17. The van der Waals surface area contributed by atoms with Crippen LogP contribution in [-0.4, -0.2) is 15.3 Å². The highest BCUT2D eigenvalue weighted by molar-refractivity contribution is 5.87. The topological polar surface area (TPSA) is 116 Å². The molecular formula is C22H16N2O5. The summed E-state index contributed by atoms with van der Waals surface area (Å²) in [4.78, 5) is 12.1. The maximum atomic E-state index is 12.1. The zero-order chi connectivity index (χ0) is 20.4. The van der Waals surface area contributed by atoms with Crippen molar-refractivity contribution in [1.29, 1.82) is 0 Å². The van der Waals surface area contributed by atoms with Crippen molar-refractivity contribution in [1.82, 2.24) is 0 Å². The summed E-state index contributed by atoms with van der Waals surface area (Å²) >= 11 is 0. The fourth-order valence-corrected chi connectivity index (χ4v) is 2.98. The van der Waals surface area contributed by atoms with Gasteiger partial charge in [0.2, 0.25) is 5.69 Å². The third-order valence-electron chi connectivity index (χ3n) is 4.40. The van der Waals surface area contributed by atoms with Crippen LogP contribution in [0, 0.1) is 0 Å². The van der Waals surface area contributed by atoms with Crippen molar-refractivity contribution in [3.8, 4) is 17.2 Å². The van der Waals surface area contributed by atoms with Crippen molar-refractivity contribution in [3.05, 3.63) is 88.3 Å². The van der Waals surface area contributed by atoms with Gasteiger partial charge in [-0.15, -0.1) is 5.11 Å². The fourth-order valence-electron chi connectivity index (χ4n) is 2.98. The Bertz CT molecular complexity index is 1290. The van der Waals surface area contributed by atoms with Crippen LogP contribution in [0.15, 0.2) is 86.2 Å². The van der Waals surface area contributed by atoms with Crippen LogP contribution in [0.3, 0.4) is 0 Å². The minimum atomic E-state index is -0.786. The van der Waals surface area contributed by atoms with Gasteiger partial charge in [0.15, 0.2) is 5.75 Å². The second kappa shape index (κ2) is 7.47. The summed E-state index contributed by atoms with van der Waals surface area (Å²) in [5.74, 6) is -0.151. The highest BCUT2D eigenvalue weighted by Gasteiger charge is 2.13. The van der Waals surface area contributed by atoms with E-state index in [1.807, 2.05) is 6.07 Å². The normalized spacial score (nSPS) is 11.3. The molecule has 0 saturated heterocycles. The van der Waals surface area contributed by atoms with Gasteiger partial charge in [0, 0.05) is 12.0 Å². The molecule has 0 unspecified atom stereocenters. The zero-order valence-electron chi connectivity index (χ0n) is 15.1. The number of fused-ring (bicyclic) bond motifs is 1. The molecule has 0 aliphatic heterocycles. The van der Waals surface area contributed by atoms with E-state index in [1.54, 1.807) is 42.5 Å². The molecule has 3 aromatic carbocycles. The van der Waals surface area contributed by atoms with Gasteiger partial charge >= 0.3 is 5.63 Å². The van der Waals surface area contributed by atoms with E-state index in [4.69, 9.17) is 4.42 Å². The summed E-state index contributed by atoms with van der Waals surface area (Å²) in [6.07, 6.45) is 0.368. The van der Waals surface area contributed by atoms with Crippen molar-refractivity contribution >= 4 is 22.3 Å². The van der Waals surface area contributed by atoms with Gasteiger partial charge in [0.05, 0.1) is 11.1 Å². The molecule has 4 rings (SSSR count). The van der Waals surface area contributed by atoms with E-state index in [0.29, 0.717) is 23.1 Å². The molecule has 7 nitrogen and oxygen atoms in total. The molecule has 1 heterocycles. The fraction of sp³-hybridized carbons (Fsp3) is 0.0455. The smallest absolute Gasteiger partial charge is 0.368 e. The lowest BCUT2D eigenvalue weighted by Gasteiger charge is -2.06. The molecule has 0 atom stereocenters. The maximum absolute atomic E-state index is 12.1. The van der Waals surface area contributed by atoms with Crippen LogP contribution < -0.4 is 5.63 Å². The molecule has 7 heteroatoms. The third kappa shape index (κ3) is 3.79. The number of hydrogen-bond acceptors (Lipinski definition) is 7. The number of nitrogens with zero attached hydrogens (tertiary/aromatic N) is 2. The Morgan fingerprint density at radius 1 is 0.862 bits per heavy atom. The molecule has 1 aromatic heterocycles. The third-order valence-corrected chi connectivity index (χ3v) is 4.40. The Morgan fingerprint density at radius 3 is 2.55 bits per heavy atom. The molecule has 29 heavy (non-hydrogen) atoms. The highest BCUT2D eigenvalue weighted by Crippen LogP contribution is 2.32. The van der Waals surface area contributed by atoms with Crippen molar-refractivity contribution in [3.63, 3.8) is 0 Å². The lowest BCUT2D eigenvalue weighted by Crippen LogP contribution is -1.98. The SMILES string of the molecule is O=c1oc2ccccc2c(O)c1N=Nc1cccc(Cc2cc(O)ccc2O)c1. The molecule has 0 aliphatic carbocycles. The van der Waals surface area contributed by atoms with E-state index in [9.17, 15) is 20.1 Å². The van der Waals surface area contributed by atoms with E-state index in [0.717, 1.165) is 5.56 Å². The van der Waals surface area contributed by atoms with E-state index in [-0.39, 0.29) is 28.5 Å². The van der Waals surface area contributed by atoms with Gasteiger partial charge in [-0.1, -0.05) is 24.3 Å². The quantitative estimate of drug-likeness (QED) is 0.261. The van der Waals surface area contributed by atoms with Crippen molar-refractivity contribution in [2.75, 3.05) is 0 Å². The van der Waals surface area contributed by atoms with Crippen molar-refractivity contribution in [2.24, 2.45) is 10.2 Å². The Morgan fingerprint density at radius 2 is 1.69 bits per heavy atom. The number of phenols is 2. The summed E-state index contributed by atoms with van der Waals surface area (Å²) in [6, 6.07) is 17.9. The molecule has 4 aromatic rings. The van der Waals surface area contributed by atoms with Gasteiger partial charge in [0.1, 0.15) is 17.1 Å². The predicted octanol–water partition coefficient (Wildman–Crippen LogP) is 4.92. The van der Waals surface area contributed by atoms with Crippen LogP contribution in [0.2, 0.25) is 0 Å². The number of azo groups is 1. The molecule has 0 fully saturated rings. The number of rotatable bonds is 4. The highest BCUT2D eigenvalue weighted by atomic mass is 16.4. The minimum Gasteiger partial charge on any atom is -0.508 e. The molecule has 0 saturated carbocycles. The van der Waals surface area contributed by atoms with E-state index in [2.05, 4.69) is 10.2 Å². The summed E-state index contributed by atoms with van der Waals surface area (Å²) in [7, 11) is 0. The molecule has 3 N–H and O–H groups in total. The second-order valence-corrected chi connectivity index (χ2v) is 6.44. The number of benzene rings is 3. The first-order valence-electron chi connectivity index (χ1n) is 8.77. The Kier molecular flexibility index (Phi) is 4.70. The summed E-state index contributed by atoms with van der Waals surface area (Å²) in [5, 5.41) is 38.2.